The van der Waals surface area contributed by atoms with Crippen LogP contribution in [-0.4, -0.2) is 24.3 Å². The summed E-state index contributed by atoms with van der Waals surface area (Å²) in [6, 6.07) is 8.72. The predicted octanol–water partition coefficient (Wildman–Crippen LogP) is 2.96. The zero-order chi connectivity index (χ0) is 19.3. The van der Waals surface area contributed by atoms with Crippen LogP contribution in [0.1, 0.15) is 51.5 Å². The molecule has 0 atom stereocenters. The fourth-order valence-electron chi connectivity index (χ4n) is 4.07. The molecule has 0 aromatic heterocycles. The number of hydrogen-bond donors (Lipinski definition) is 0. The molecule has 0 N–H and O–H groups in total. The zero-order valence-electron chi connectivity index (χ0n) is 15.4. The maximum atomic E-state index is 13.0. The molecule has 0 amide bonds. The Hall–Kier alpha value is -2.31. The highest BCUT2D eigenvalue weighted by atomic mass is 32.2. The van der Waals surface area contributed by atoms with Gasteiger partial charge in [0.05, 0.1) is 4.90 Å². The minimum atomic E-state index is -3.64. The van der Waals surface area contributed by atoms with Gasteiger partial charge in [-0.2, -0.15) is 4.31 Å². The molecule has 27 heavy (non-hydrogen) atoms. The number of fused-ring (bicyclic) bond motifs is 3. The van der Waals surface area contributed by atoms with Crippen LogP contribution >= 0.6 is 0 Å². The van der Waals surface area contributed by atoms with Gasteiger partial charge in [-0.25, -0.2) is 8.42 Å². The summed E-state index contributed by atoms with van der Waals surface area (Å²) in [5.41, 5.74) is 5.12. The quantitative estimate of drug-likeness (QED) is 0.814. The SMILES string of the molecule is CC(=O)Cc1cc2c(c3c1CCC3=O)CN(S(=O)(=O)c1ccc(C)cc1)C2. The van der Waals surface area contributed by atoms with Crippen molar-refractivity contribution in [3.05, 3.63) is 63.7 Å². The normalized spacial score (nSPS) is 16.4. The minimum absolute atomic E-state index is 0.0404. The lowest BCUT2D eigenvalue weighted by Crippen LogP contribution is -2.25. The van der Waals surface area contributed by atoms with Gasteiger partial charge in [-0.05, 0) is 54.7 Å². The van der Waals surface area contributed by atoms with Gasteiger partial charge in [0.1, 0.15) is 5.78 Å². The molecule has 140 valence electrons. The van der Waals surface area contributed by atoms with E-state index < -0.39 is 10.0 Å². The van der Waals surface area contributed by atoms with E-state index in [9.17, 15) is 18.0 Å². The van der Waals surface area contributed by atoms with Crippen molar-refractivity contribution in [2.45, 2.75) is 51.1 Å². The van der Waals surface area contributed by atoms with E-state index in [1.54, 1.807) is 24.3 Å². The first kappa shape index (κ1) is 18.1. The number of Topliss-reactive ketones (excluding diaryl/α,β-unsaturated/α-hetero) is 2. The van der Waals surface area contributed by atoms with E-state index in [0.29, 0.717) is 18.4 Å². The Morgan fingerprint density at radius 2 is 1.78 bits per heavy atom. The molecule has 1 heterocycles. The average molecular weight is 383 g/mol. The first-order valence-corrected chi connectivity index (χ1v) is 10.5. The molecule has 2 aromatic rings. The van der Waals surface area contributed by atoms with Crippen LogP contribution in [0, 0.1) is 6.92 Å². The van der Waals surface area contributed by atoms with Gasteiger partial charge >= 0.3 is 0 Å². The second-order valence-electron chi connectivity index (χ2n) is 7.42. The van der Waals surface area contributed by atoms with Gasteiger partial charge in [-0.3, -0.25) is 9.59 Å². The van der Waals surface area contributed by atoms with Crippen LogP contribution in [0.4, 0.5) is 0 Å². The molecule has 0 fully saturated rings. The molecule has 0 saturated carbocycles. The molecule has 2 aliphatic rings. The van der Waals surface area contributed by atoms with Crippen LogP contribution < -0.4 is 0 Å². The average Bonchev–Trinajstić information content (AvgIpc) is 3.19. The summed E-state index contributed by atoms with van der Waals surface area (Å²) >= 11 is 0. The summed E-state index contributed by atoms with van der Waals surface area (Å²) in [6.07, 6.45) is 1.35. The second kappa shape index (κ2) is 6.39. The molecule has 2 aromatic carbocycles. The van der Waals surface area contributed by atoms with Crippen molar-refractivity contribution in [2.24, 2.45) is 0 Å². The van der Waals surface area contributed by atoms with Gasteiger partial charge in [0.25, 0.3) is 0 Å². The van der Waals surface area contributed by atoms with Gasteiger partial charge in [0, 0.05) is 31.5 Å². The zero-order valence-corrected chi connectivity index (χ0v) is 16.2. The molecule has 4 rings (SSSR count). The number of sulfonamides is 1. The van der Waals surface area contributed by atoms with Crippen molar-refractivity contribution < 1.29 is 18.0 Å². The van der Waals surface area contributed by atoms with Gasteiger partial charge < -0.3 is 0 Å². The van der Waals surface area contributed by atoms with Gasteiger partial charge in [-0.15, -0.1) is 0 Å². The molecule has 0 saturated heterocycles. The number of carbonyl (C=O) groups is 2. The fraction of sp³-hybridized carbons (Fsp3) is 0.333. The Bertz CT molecular complexity index is 1070. The highest BCUT2D eigenvalue weighted by molar-refractivity contribution is 7.89. The van der Waals surface area contributed by atoms with E-state index in [0.717, 1.165) is 27.8 Å². The Morgan fingerprint density at radius 1 is 1.07 bits per heavy atom. The van der Waals surface area contributed by atoms with E-state index in [1.807, 2.05) is 13.0 Å². The number of nitrogens with zero attached hydrogens (tertiary/aromatic N) is 1. The topological polar surface area (TPSA) is 71.5 Å². The maximum absolute atomic E-state index is 13.0. The van der Waals surface area contributed by atoms with E-state index >= 15 is 0 Å². The third-order valence-corrected chi connectivity index (χ3v) is 7.19. The molecule has 1 aliphatic carbocycles. The summed E-state index contributed by atoms with van der Waals surface area (Å²) in [7, 11) is -3.64. The van der Waals surface area contributed by atoms with Gasteiger partial charge in [-0.1, -0.05) is 23.8 Å². The number of ketones is 2. The summed E-state index contributed by atoms with van der Waals surface area (Å²) in [6.45, 7) is 3.88. The summed E-state index contributed by atoms with van der Waals surface area (Å²) in [5, 5.41) is 0. The molecule has 5 nitrogen and oxygen atoms in total. The van der Waals surface area contributed by atoms with E-state index in [1.165, 1.54) is 11.2 Å². The summed E-state index contributed by atoms with van der Waals surface area (Å²) < 4.78 is 27.5. The molecule has 0 spiro atoms. The van der Waals surface area contributed by atoms with Crippen LogP contribution in [0.15, 0.2) is 35.2 Å². The Balaban J connectivity index is 1.75. The van der Waals surface area contributed by atoms with Crippen molar-refractivity contribution in [1.29, 1.82) is 0 Å². The van der Waals surface area contributed by atoms with Crippen molar-refractivity contribution in [3.8, 4) is 0 Å². The van der Waals surface area contributed by atoms with Crippen LogP contribution in [-0.2, 0) is 40.7 Å². The molecule has 6 heteroatoms. The number of carbonyl (C=O) groups excluding carboxylic acids is 2. The monoisotopic (exact) mass is 383 g/mol. The van der Waals surface area contributed by atoms with Crippen molar-refractivity contribution in [2.75, 3.05) is 0 Å². The molecular formula is C21H21NO4S. The van der Waals surface area contributed by atoms with Crippen molar-refractivity contribution >= 4 is 21.6 Å². The van der Waals surface area contributed by atoms with Gasteiger partial charge in [0.15, 0.2) is 5.78 Å². The highest BCUT2D eigenvalue weighted by Crippen LogP contribution is 2.38. The summed E-state index contributed by atoms with van der Waals surface area (Å²) in [4.78, 5) is 24.4. The van der Waals surface area contributed by atoms with E-state index in [4.69, 9.17) is 0 Å². The van der Waals surface area contributed by atoms with Crippen molar-refractivity contribution in [1.82, 2.24) is 4.31 Å². The predicted molar refractivity (Wildman–Crippen MR) is 101 cm³/mol. The Morgan fingerprint density at radius 3 is 2.44 bits per heavy atom. The lowest BCUT2D eigenvalue weighted by atomic mass is 9.92. The van der Waals surface area contributed by atoms with E-state index in [-0.39, 0.29) is 36.0 Å². The summed E-state index contributed by atoms with van der Waals surface area (Å²) in [5.74, 6) is 0.0971. The second-order valence-corrected chi connectivity index (χ2v) is 9.35. The standard InChI is InChI=1S/C21H21NO4S/c1-13-3-5-17(6-4-13)27(25,26)22-11-16-10-15(9-14(2)23)18-7-8-20(24)21(18)19(16)12-22/h3-6,10H,7-9,11-12H2,1-2H3. The largest absolute Gasteiger partial charge is 0.300 e. The van der Waals surface area contributed by atoms with Crippen LogP contribution in [0.2, 0.25) is 0 Å². The lowest BCUT2D eigenvalue weighted by molar-refractivity contribution is -0.116. The molecule has 1 aliphatic heterocycles. The first-order valence-electron chi connectivity index (χ1n) is 9.03. The number of benzene rings is 2. The van der Waals surface area contributed by atoms with Crippen molar-refractivity contribution in [3.63, 3.8) is 0 Å². The Labute approximate surface area is 159 Å². The van der Waals surface area contributed by atoms with Crippen LogP contribution in [0.3, 0.4) is 0 Å². The Kier molecular flexibility index (Phi) is 4.28. The van der Waals surface area contributed by atoms with Crippen LogP contribution in [0.5, 0.6) is 0 Å². The number of hydrogen-bond acceptors (Lipinski definition) is 4. The third-order valence-electron chi connectivity index (χ3n) is 5.39. The fourth-order valence-corrected chi connectivity index (χ4v) is 5.46. The van der Waals surface area contributed by atoms with Crippen LogP contribution in [0.25, 0.3) is 0 Å². The smallest absolute Gasteiger partial charge is 0.243 e. The van der Waals surface area contributed by atoms with E-state index in [2.05, 4.69) is 0 Å². The molecule has 0 bridgehead atoms. The first-order chi connectivity index (χ1) is 12.8. The molecule has 0 unspecified atom stereocenters. The molecular weight excluding hydrogens is 362 g/mol. The molecule has 0 radical (unpaired) electrons. The number of aryl methyl sites for hydroxylation is 1. The third kappa shape index (κ3) is 3.03. The van der Waals surface area contributed by atoms with Gasteiger partial charge in [0.2, 0.25) is 10.0 Å². The number of rotatable bonds is 4. The lowest BCUT2D eigenvalue weighted by Gasteiger charge is -2.15. The highest BCUT2D eigenvalue weighted by Gasteiger charge is 2.36. The minimum Gasteiger partial charge on any atom is -0.300 e. The maximum Gasteiger partial charge on any atom is 0.243 e.